The van der Waals surface area contributed by atoms with Gasteiger partial charge in [0.1, 0.15) is 0 Å². The topological polar surface area (TPSA) is 50.9 Å². The normalized spacial score (nSPS) is 10.4. The van der Waals surface area contributed by atoms with Crippen molar-refractivity contribution in [2.24, 2.45) is 0 Å². The van der Waals surface area contributed by atoms with Crippen LogP contribution in [0.3, 0.4) is 0 Å². The van der Waals surface area contributed by atoms with E-state index in [1.165, 1.54) is 0 Å². The summed E-state index contributed by atoms with van der Waals surface area (Å²) in [5.74, 6) is 0. The SMILES string of the molecule is Nc1ccc(Nc2ccccc2)c2cnccc12. The van der Waals surface area contributed by atoms with Crippen LogP contribution in [0.5, 0.6) is 0 Å². The Kier molecular flexibility index (Phi) is 2.57. The molecule has 0 fully saturated rings. The molecule has 0 spiro atoms. The molecule has 0 saturated carbocycles. The van der Waals surface area contributed by atoms with Gasteiger partial charge in [-0.2, -0.15) is 0 Å². The van der Waals surface area contributed by atoms with Gasteiger partial charge in [-0.25, -0.2) is 0 Å². The number of aromatic nitrogens is 1. The summed E-state index contributed by atoms with van der Waals surface area (Å²) >= 11 is 0. The second-order valence-corrected chi connectivity index (χ2v) is 4.11. The van der Waals surface area contributed by atoms with Crippen molar-refractivity contribution in [2.45, 2.75) is 0 Å². The molecule has 1 heterocycles. The van der Waals surface area contributed by atoms with Crippen LogP contribution in [0.4, 0.5) is 17.1 Å². The molecule has 0 radical (unpaired) electrons. The summed E-state index contributed by atoms with van der Waals surface area (Å²) in [4.78, 5) is 4.16. The largest absolute Gasteiger partial charge is 0.398 e. The lowest BCUT2D eigenvalue weighted by Gasteiger charge is -2.10. The number of anilines is 3. The third-order valence-corrected chi connectivity index (χ3v) is 2.90. The molecule has 0 amide bonds. The maximum atomic E-state index is 5.96. The van der Waals surface area contributed by atoms with Gasteiger partial charge in [-0.1, -0.05) is 18.2 Å². The Morgan fingerprint density at radius 3 is 2.56 bits per heavy atom. The number of hydrogen-bond acceptors (Lipinski definition) is 3. The van der Waals surface area contributed by atoms with Crippen molar-refractivity contribution in [2.75, 3.05) is 11.1 Å². The Labute approximate surface area is 105 Å². The highest BCUT2D eigenvalue weighted by Crippen LogP contribution is 2.29. The standard InChI is InChI=1S/C15H13N3/c16-14-6-7-15(13-10-17-9-8-12(13)14)18-11-4-2-1-3-5-11/h1-10,18H,16H2. The highest BCUT2D eigenvalue weighted by molar-refractivity contribution is 6.01. The highest BCUT2D eigenvalue weighted by atomic mass is 14.9. The summed E-state index contributed by atoms with van der Waals surface area (Å²) in [6.45, 7) is 0. The van der Waals surface area contributed by atoms with E-state index in [1.54, 1.807) is 6.20 Å². The van der Waals surface area contributed by atoms with E-state index in [0.717, 1.165) is 27.8 Å². The van der Waals surface area contributed by atoms with Gasteiger partial charge < -0.3 is 11.1 Å². The molecule has 2 aromatic carbocycles. The Bertz CT molecular complexity index is 678. The molecule has 88 valence electrons. The minimum Gasteiger partial charge on any atom is -0.398 e. The van der Waals surface area contributed by atoms with Crippen LogP contribution in [0.1, 0.15) is 0 Å². The molecule has 3 N–H and O–H groups in total. The van der Waals surface area contributed by atoms with Crippen LogP contribution in [0.15, 0.2) is 60.9 Å². The predicted octanol–water partition coefficient (Wildman–Crippen LogP) is 3.56. The molecule has 0 saturated heterocycles. The first kappa shape index (κ1) is 10.6. The second kappa shape index (κ2) is 4.37. The monoisotopic (exact) mass is 235 g/mol. The maximum Gasteiger partial charge on any atom is 0.0481 e. The molecule has 1 aromatic heterocycles. The predicted molar refractivity (Wildman–Crippen MR) is 75.9 cm³/mol. The van der Waals surface area contributed by atoms with Crippen LogP contribution in [-0.2, 0) is 0 Å². The van der Waals surface area contributed by atoms with E-state index in [9.17, 15) is 0 Å². The van der Waals surface area contributed by atoms with Gasteiger partial charge in [-0.05, 0) is 30.3 Å². The molecule has 0 aliphatic carbocycles. The third kappa shape index (κ3) is 1.86. The number of fused-ring (bicyclic) bond motifs is 1. The van der Waals surface area contributed by atoms with Gasteiger partial charge in [0, 0.05) is 40.2 Å². The Balaban J connectivity index is 2.10. The van der Waals surface area contributed by atoms with E-state index in [2.05, 4.69) is 10.3 Å². The summed E-state index contributed by atoms with van der Waals surface area (Å²) in [5.41, 5.74) is 8.79. The van der Waals surface area contributed by atoms with Crippen molar-refractivity contribution in [3.8, 4) is 0 Å². The third-order valence-electron chi connectivity index (χ3n) is 2.90. The molecule has 3 heteroatoms. The highest BCUT2D eigenvalue weighted by Gasteiger charge is 2.03. The first-order valence-corrected chi connectivity index (χ1v) is 5.79. The fourth-order valence-electron chi connectivity index (χ4n) is 2.00. The van der Waals surface area contributed by atoms with E-state index in [-0.39, 0.29) is 0 Å². The average Bonchev–Trinajstić information content (AvgIpc) is 2.44. The number of nitrogens with zero attached hydrogens (tertiary/aromatic N) is 1. The summed E-state index contributed by atoms with van der Waals surface area (Å²) in [6, 6.07) is 15.9. The number of hydrogen-bond donors (Lipinski definition) is 2. The summed E-state index contributed by atoms with van der Waals surface area (Å²) in [7, 11) is 0. The first-order chi connectivity index (χ1) is 8.84. The number of nitrogens with one attached hydrogen (secondary N) is 1. The number of rotatable bonds is 2. The van der Waals surface area contributed by atoms with Gasteiger partial charge >= 0.3 is 0 Å². The molecular weight excluding hydrogens is 222 g/mol. The van der Waals surface area contributed by atoms with Gasteiger partial charge in [-0.3, -0.25) is 4.98 Å². The lowest BCUT2D eigenvalue weighted by atomic mass is 10.1. The summed E-state index contributed by atoms with van der Waals surface area (Å²) in [6.07, 6.45) is 3.59. The maximum absolute atomic E-state index is 5.96. The molecule has 3 aromatic rings. The molecule has 0 aliphatic rings. The van der Waals surface area contributed by atoms with Gasteiger partial charge in [0.2, 0.25) is 0 Å². The molecule has 0 unspecified atom stereocenters. The molecule has 3 rings (SSSR count). The molecular formula is C15H13N3. The van der Waals surface area contributed by atoms with Gasteiger partial charge in [0.05, 0.1) is 0 Å². The number of pyridine rings is 1. The lowest BCUT2D eigenvalue weighted by Crippen LogP contribution is -1.94. The van der Waals surface area contributed by atoms with Crippen LogP contribution < -0.4 is 11.1 Å². The van der Waals surface area contributed by atoms with E-state index in [1.807, 2.05) is 54.7 Å². The van der Waals surface area contributed by atoms with Gasteiger partial charge in [0.15, 0.2) is 0 Å². The fraction of sp³-hybridized carbons (Fsp3) is 0. The van der Waals surface area contributed by atoms with Crippen molar-refractivity contribution in [1.82, 2.24) is 4.98 Å². The summed E-state index contributed by atoms with van der Waals surface area (Å²) < 4.78 is 0. The molecule has 0 bridgehead atoms. The minimum atomic E-state index is 0.769. The van der Waals surface area contributed by atoms with Crippen molar-refractivity contribution >= 4 is 27.8 Å². The zero-order valence-electron chi connectivity index (χ0n) is 9.80. The van der Waals surface area contributed by atoms with Gasteiger partial charge in [-0.15, -0.1) is 0 Å². The van der Waals surface area contributed by atoms with Crippen molar-refractivity contribution < 1.29 is 0 Å². The number of para-hydroxylation sites is 1. The lowest BCUT2D eigenvalue weighted by molar-refractivity contribution is 1.36. The Hall–Kier alpha value is -2.55. The molecule has 18 heavy (non-hydrogen) atoms. The van der Waals surface area contributed by atoms with Gasteiger partial charge in [0.25, 0.3) is 0 Å². The number of nitrogen functional groups attached to an aromatic ring is 1. The average molecular weight is 235 g/mol. The van der Waals surface area contributed by atoms with Crippen molar-refractivity contribution in [1.29, 1.82) is 0 Å². The quantitative estimate of drug-likeness (QED) is 0.668. The number of nitrogens with two attached hydrogens (primary N) is 1. The van der Waals surface area contributed by atoms with Crippen molar-refractivity contribution in [3.05, 3.63) is 60.9 Å². The smallest absolute Gasteiger partial charge is 0.0481 e. The second-order valence-electron chi connectivity index (χ2n) is 4.11. The van der Waals surface area contributed by atoms with Crippen LogP contribution in [0, 0.1) is 0 Å². The van der Waals surface area contributed by atoms with E-state index >= 15 is 0 Å². The van der Waals surface area contributed by atoms with E-state index in [4.69, 9.17) is 5.73 Å². The zero-order chi connectivity index (χ0) is 12.4. The molecule has 3 nitrogen and oxygen atoms in total. The minimum absolute atomic E-state index is 0.769. The zero-order valence-corrected chi connectivity index (χ0v) is 9.80. The van der Waals surface area contributed by atoms with Crippen LogP contribution in [0.2, 0.25) is 0 Å². The molecule has 0 atom stereocenters. The van der Waals surface area contributed by atoms with Crippen LogP contribution in [-0.4, -0.2) is 4.98 Å². The summed E-state index contributed by atoms with van der Waals surface area (Å²) in [5, 5.41) is 5.43. The Morgan fingerprint density at radius 1 is 0.889 bits per heavy atom. The first-order valence-electron chi connectivity index (χ1n) is 5.79. The van der Waals surface area contributed by atoms with Crippen LogP contribution >= 0.6 is 0 Å². The van der Waals surface area contributed by atoms with Crippen LogP contribution in [0.25, 0.3) is 10.8 Å². The van der Waals surface area contributed by atoms with E-state index in [0.29, 0.717) is 0 Å². The molecule has 0 aliphatic heterocycles. The van der Waals surface area contributed by atoms with Crippen molar-refractivity contribution in [3.63, 3.8) is 0 Å². The van der Waals surface area contributed by atoms with E-state index < -0.39 is 0 Å². The number of benzene rings is 2. The Morgan fingerprint density at radius 2 is 1.72 bits per heavy atom. The fourth-order valence-corrected chi connectivity index (χ4v) is 2.00.